The molecule has 0 fully saturated rings. The number of anilines is 2. The van der Waals surface area contributed by atoms with Crippen LogP contribution in [0.1, 0.15) is 5.76 Å². The van der Waals surface area contributed by atoms with Crippen molar-refractivity contribution in [1.29, 1.82) is 0 Å². The number of hydrogen-bond acceptors (Lipinski definition) is 5. The van der Waals surface area contributed by atoms with Crippen LogP contribution in [0.15, 0.2) is 34.9 Å². The highest BCUT2D eigenvalue weighted by molar-refractivity contribution is 6.43. The number of carbonyl (C=O) groups is 2. The van der Waals surface area contributed by atoms with Crippen molar-refractivity contribution in [2.75, 3.05) is 17.7 Å². The average molecular weight is 275 g/mol. The molecule has 0 saturated heterocycles. The molecule has 7 nitrogen and oxygen atoms in total. The summed E-state index contributed by atoms with van der Waals surface area (Å²) in [6, 6.07) is 8.29. The van der Waals surface area contributed by atoms with Gasteiger partial charge in [-0.3, -0.25) is 14.9 Å². The van der Waals surface area contributed by atoms with Crippen molar-refractivity contribution in [2.45, 2.75) is 6.92 Å². The molecule has 0 bridgehead atoms. The van der Waals surface area contributed by atoms with Gasteiger partial charge in [-0.2, -0.15) is 0 Å². The van der Waals surface area contributed by atoms with Gasteiger partial charge in [0.25, 0.3) is 0 Å². The van der Waals surface area contributed by atoms with E-state index in [1.54, 1.807) is 31.2 Å². The Bertz CT molecular complexity index is 636. The van der Waals surface area contributed by atoms with Crippen molar-refractivity contribution in [3.63, 3.8) is 0 Å². The van der Waals surface area contributed by atoms with Crippen molar-refractivity contribution >= 4 is 23.3 Å². The molecule has 1 heterocycles. The average Bonchev–Trinajstić information content (AvgIpc) is 2.84. The van der Waals surface area contributed by atoms with Crippen molar-refractivity contribution in [1.82, 2.24) is 5.16 Å². The van der Waals surface area contributed by atoms with E-state index in [-0.39, 0.29) is 5.82 Å². The van der Waals surface area contributed by atoms with Gasteiger partial charge in [-0.15, -0.1) is 0 Å². The summed E-state index contributed by atoms with van der Waals surface area (Å²) in [5.74, 6) is -0.488. The Hall–Kier alpha value is -2.83. The Morgan fingerprint density at radius 1 is 1.20 bits per heavy atom. The number of aromatic nitrogens is 1. The Morgan fingerprint density at radius 3 is 2.55 bits per heavy atom. The number of amides is 2. The minimum absolute atomic E-state index is 0.183. The first kappa shape index (κ1) is 13.6. The number of nitrogens with zero attached hydrogens (tertiary/aromatic N) is 1. The first-order valence-corrected chi connectivity index (χ1v) is 5.79. The number of carbonyl (C=O) groups excluding carboxylic acids is 2. The predicted octanol–water partition coefficient (Wildman–Crippen LogP) is 1.57. The third-order valence-electron chi connectivity index (χ3n) is 2.43. The molecular weight excluding hydrogens is 262 g/mol. The van der Waals surface area contributed by atoms with E-state index in [2.05, 4.69) is 15.8 Å². The van der Waals surface area contributed by atoms with E-state index in [4.69, 9.17) is 9.26 Å². The van der Waals surface area contributed by atoms with Gasteiger partial charge >= 0.3 is 11.8 Å². The summed E-state index contributed by atoms with van der Waals surface area (Å²) in [7, 11) is 1.48. The molecule has 0 aliphatic carbocycles. The lowest BCUT2D eigenvalue weighted by molar-refractivity contribution is -0.133. The summed E-state index contributed by atoms with van der Waals surface area (Å²) in [6.07, 6.45) is 0. The second-order valence-electron chi connectivity index (χ2n) is 3.93. The maximum absolute atomic E-state index is 11.8. The molecule has 1 aromatic heterocycles. The molecule has 0 aliphatic rings. The van der Waals surface area contributed by atoms with E-state index in [0.29, 0.717) is 17.2 Å². The van der Waals surface area contributed by atoms with Crippen LogP contribution in [-0.4, -0.2) is 24.1 Å². The third-order valence-corrected chi connectivity index (χ3v) is 2.43. The monoisotopic (exact) mass is 275 g/mol. The number of para-hydroxylation sites is 2. The maximum atomic E-state index is 11.8. The fourth-order valence-electron chi connectivity index (χ4n) is 1.53. The molecule has 0 atom stereocenters. The number of hydrogen-bond donors (Lipinski definition) is 2. The molecule has 2 amide bonds. The van der Waals surface area contributed by atoms with Gasteiger partial charge < -0.3 is 14.6 Å². The van der Waals surface area contributed by atoms with Crippen LogP contribution >= 0.6 is 0 Å². The van der Waals surface area contributed by atoms with Crippen LogP contribution in [0.25, 0.3) is 0 Å². The van der Waals surface area contributed by atoms with Crippen molar-refractivity contribution in [3.05, 3.63) is 36.1 Å². The zero-order chi connectivity index (χ0) is 14.5. The van der Waals surface area contributed by atoms with E-state index in [0.717, 1.165) is 0 Å². The SMILES string of the molecule is COc1ccccc1NC(=O)C(=O)Nc1cc(C)on1. The van der Waals surface area contributed by atoms with Gasteiger partial charge in [0.2, 0.25) is 0 Å². The van der Waals surface area contributed by atoms with Crippen LogP contribution in [0, 0.1) is 6.92 Å². The van der Waals surface area contributed by atoms with Crippen LogP contribution in [0.5, 0.6) is 5.75 Å². The fraction of sp³-hybridized carbons (Fsp3) is 0.154. The van der Waals surface area contributed by atoms with Gasteiger partial charge in [-0.05, 0) is 19.1 Å². The number of ether oxygens (including phenoxy) is 1. The highest BCUT2D eigenvalue weighted by Crippen LogP contribution is 2.22. The molecule has 0 radical (unpaired) electrons. The van der Waals surface area contributed by atoms with E-state index < -0.39 is 11.8 Å². The zero-order valence-electron chi connectivity index (χ0n) is 11.0. The van der Waals surface area contributed by atoms with E-state index in [1.807, 2.05) is 0 Å². The Balaban J connectivity index is 2.02. The van der Waals surface area contributed by atoms with Crippen molar-refractivity contribution in [2.24, 2.45) is 0 Å². The molecule has 2 N–H and O–H groups in total. The molecule has 2 rings (SSSR count). The highest BCUT2D eigenvalue weighted by atomic mass is 16.5. The number of rotatable bonds is 3. The molecule has 104 valence electrons. The lowest BCUT2D eigenvalue weighted by atomic mass is 10.3. The normalized spacial score (nSPS) is 9.90. The Labute approximate surface area is 114 Å². The van der Waals surface area contributed by atoms with Crippen LogP contribution in [0.3, 0.4) is 0 Å². The first-order chi connectivity index (χ1) is 9.60. The number of benzene rings is 1. The fourth-order valence-corrected chi connectivity index (χ4v) is 1.53. The number of aryl methyl sites for hydroxylation is 1. The van der Waals surface area contributed by atoms with E-state index in [9.17, 15) is 9.59 Å². The summed E-state index contributed by atoms with van der Waals surface area (Å²) >= 11 is 0. The zero-order valence-corrected chi connectivity index (χ0v) is 11.0. The van der Waals surface area contributed by atoms with Crippen LogP contribution in [0.2, 0.25) is 0 Å². The second-order valence-corrected chi connectivity index (χ2v) is 3.93. The van der Waals surface area contributed by atoms with Crippen molar-refractivity contribution in [3.8, 4) is 5.75 Å². The molecule has 7 heteroatoms. The minimum Gasteiger partial charge on any atom is -0.495 e. The quantitative estimate of drug-likeness (QED) is 0.829. The molecule has 20 heavy (non-hydrogen) atoms. The smallest absolute Gasteiger partial charge is 0.315 e. The van der Waals surface area contributed by atoms with Gasteiger partial charge in [0.1, 0.15) is 11.5 Å². The first-order valence-electron chi connectivity index (χ1n) is 5.79. The molecule has 0 aliphatic heterocycles. The lowest BCUT2D eigenvalue weighted by Gasteiger charge is -2.08. The molecule has 0 unspecified atom stereocenters. The molecular formula is C13H13N3O4. The van der Waals surface area contributed by atoms with Crippen LogP contribution < -0.4 is 15.4 Å². The van der Waals surface area contributed by atoms with Crippen molar-refractivity contribution < 1.29 is 18.8 Å². The van der Waals surface area contributed by atoms with Gasteiger partial charge in [-0.1, -0.05) is 17.3 Å². The topological polar surface area (TPSA) is 93.5 Å². The maximum Gasteiger partial charge on any atom is 0.315 e. The summed E-state index contributed by atoms with van der Waals surface area (Å²) in [5.41, 5.74) is 0.409. The summed E-state index contributed by atoms with van der Waals surface area (Å²) < 4.78 is 9.86. The van der Waals surface area contributed by atoms with E-state index in [1.165, 1.54) is 13.2 Å². The largest absolute Gasteiger partial charge is 0.495 e. The predicted molar refractivity (Wildman–Crippen MR) is 71.5 cm³/mol. The van der Waals surface area contributed by atoms with E-state index >= 15 is 0 Å². The molecule has 0 spiro atoms. The Morgan fingerprint density at radius 2 is 1.90 bits per heavy atom. The number of nitrogens with one attached hydrogen (secondary N) is 2. The van der Waals surface area contributed by atoms with Crippen LogP contribution in [0.4, 0.5) is 11.5 Å². The molecule has 0 saturated carbocycles. The van der Waals surface area contributed by atoms with Crippen LogP contribution in [-0.2, 0) is 9.59 Å². The van der Waals surface area contributed by atoms with Gasteiger partial charge in [0.05, 0.1) is 12.8 Å². The standard InChI is InChI=1S/C13H13N3O4/c1-8-7-11(16-20-8)15-13(18)12(17)14-9-5-3-4-6-10(9)19-2/h3-7H,1-2H3,(H,14,17)(H,15,16,18). The summed E-state index contributed by atoms with van der Waals surface area (Å²) in [5, 5.41) is 8.34. The minimum atomic E-state index is -0.843. The molecule has 1 aromatic carbocycles. The summed E-state index contributed by atoms with van der Waals surface area (Å²) in [4.78, 5) is 23.4. The van der Waals surface area contributed by atoms with Gasteiger partial charge in [-0.25, -0.2) is 0 Å². The van der Waals surface area contributed by atoms with Gasteiger partial charge in [0, 0.05) is 6.07 Å². The summed E-state index contributed by atoms with van der Waals surface area (Å²) in [6.45, 7) is 1.68. The number of methoxy groups -OCH3 is 1. The lowest BCUT2D eigenvalue weighted by Crippen LogP contribution is -2.29. The third kappa shape index (κ3) is 3.14. The highest BCUT2D eigenvalue weighted by Gasteiger charge is 2.17. The second kappa shape index (κ2) is 5.87. The van der Waals surface area contributed by atoms with Gasteiger partial charge in [0.15, 0.2) is 5.82 Å². The Kier molecular flexibility index (Phi) is 3.99. The molecule has 2 aromatic rings.